The largest absolute Gasteiger partial charge is 0.342 e. The number of hydrogen-bond acceptors (Lipinski definition) is 3. The third kappa shape index (κ3) is 4.28. The summed E-state index contributed by atoms with van der Waals surface area (Å²) in [4.78, 5) is 14.1. The number of amides is 1. The number of nitrogens with zero attached hydrogens (tertiary/aromatic N) is 1. The molecule has 4 nitrogen and oxygen atoms in total. The van der Waals surface area contributed by atoms with Gasteiger partial charge in [0.15, 0.2) is 0 Å². The molecule has 1 rings (SSSR count). The fourth-order valence-corrected chi connectivity index (χ4v) is 2.26. The molecule has 4 heteroatoms. The highest BCUT2D eigenvalue weighted by Gasteiger charge is 2.27. The smallest absolute Gasteiger partial charge is 0.241 e. The van der Waals surface area contributed by atoms with Gasteiger partial charge in [0, 0.05) is 32.2 Å². The van der Waals surface area contributed by atoms with Gasteiger partial charge in [-0.15, -0.1) is 0 Å². The van der Waals surface area contributed by atoms with E-state index in [9.17, 15) is 4.79 Å². The summed E-state index contributed by atoms with van der Waals surface area (Å²) in [6.07, 6.45) is 1.05. The van der Waals surface area contributed by atoms with Crippen molar-refractivity contribution in [1.82, 2.24) is 15.5 Å². The lowest BCUT2D eigenvalue weighted by Gasteiger charge is -2.34. The summed E-state index contributed by atoms with van der Waals surface area (Å²) in [6, 6.07) is 0.701. The van der Waals surface area contributed by atoms with Crippen molar-refractivity contribution in [1.29, 1.82) is 0 Å². The van der Waals surface area contributed by atoms with Crippen LogP contribution in [-0.2, 0) is 4.79 Å². The molecule has 1 aliphatic rings. The molecular formula is C13H27N3O. The van der Waals surface area contributed by atoms with Crippen molar-refractivity contribution in [3.05, 3.63) is 0 Å². The van der Waals surface area contributed by atoms with Gasteiger partial charge in [-0.3, -0.25) is 4.79 Å². The molecule has 1 fully saturated rings. The van der Waals surface area contributed by atoms with Gasteiger partial charge in [-0.1, -0.05) is 13.8 Å². The molecule has 0 radical (unpaired) electrons. The number of hydrogen-bond donors (Lipinski definition) is 2. The standard InChI is InChI=1S/C13H27N3O/c1-9(2)6-11(4)16(5)13(17)12-8-14-10(3)7-15-12/h9-12,14-15H,6-8H2,1-5H3. The van der Waals surface area contributed by atoms with Gasteiger partial charge in [0.05, 0.1) is 6.04 Å². The van der Waals surface area contributed by atoms with Crippen LogP contribution in [-0.4, -0.2) is 49.1 Å². The fourth-order valence-electron chi connectivity index (χ4n) is 2.26. The molecule has 0 aromatic rings. The first-order valence-electron chi connectivity index (χ1n) is 6.65. The number of carbonyl (C=O) groups excluding carboxylic acids is 1. The van der Waals surface area contributed by atoms with Crippen LogP contribution < -0.4 is 10.6 Å². The van der Waals surface area contributed by atoms with Gasteiger partial charge < -0.3 is 15.5 Å². The number of nitrogens with one attached hydrogen (secondary N) is 2. The molecule has 2 N–H and O–H groups in total. The van der Waals surface area contributed by atoms with Gasteiger partial charge >= 0.3 is 0 Å². The van der Waals surface area contributed by atoms with Crippen molar-refractivity contribution in [3.63, 3.8) is 0 Å². The van der Waals surface area contributed by atoms with Crippen LogP contribution in [0.15, 0.2) is 0 Å². The third-order valence-electron chi connectivity index (χ3n) is 3.46. The fraction of sp³-hybridized carbons (Fsp3) is 0.923. The van der Waals surface area contributed by atoms with E-state index in [1.807, 2.05) is 11.9 Å². The molecule has 3 atom stereocenters. The molecule has 0 spiro atoms. The molecule has 0 aromatic heterocycles. The van der Waals surface area contributed by atoms with Crippen LogP contribution in [0.2, 0.25) is 0 Å². The second kappa shape index (κ2) is 6.36. The summed E-state index contributed by atoms with van der Waals surface area (Å²) in [7, 11) is 1.91. The Hall–Kier alpha value is -0.610. The minimum Gasteiger partial charge on any atom is -0.342 e. The van der Waals surface area contributed by atoms with E-state index >= 15 is 0 Å². The van der Waals surface area contributed by atoms with Gasteiger partial charge in [0.2, 0.25) is 5.91 Å². The van der Waals surface area contributed by atoms with Crippen molar-refractivity contribution in [2.75, 3.05) is 20.1 Å². The average Bonchev–Trinajstić information content (AvgIpc) is 2.27. The molecule has 1 saturated heterocycles. The summed E-state index contributed by atoms with van der Waals surface area (Å²) in [5.41, 5.74) is 0. The first-order valence-corrected chi connectivity index (χ1v) is 6.65. The number of likely N-dealkylation sites (N-methyl/N-ethyl adjacent to an activating group) is 1. The van der Waals surface area contributed by atoms with E-state index in [4.69, 9.17) is 0 Å². The molecule has 1 heterocycles. The van der Waals surface area contributed by atoms with Crippen molar-refractivity contribution in [2.45, 2.75) is 52.2 Å². The molecule has 0 saturated carbocycles. The Kier molecular flexibility index (Phi) is 5.40. The van der Waals surface area contributed by atoms with Crippen LogP contribution in [0, 0.1) is 5.92 Å². The zero-order valence-corrected chi connectivity index (χ0v) is 11.8. The molecule has 1 aliphatic heterocycles. The number of carbonyl (C=O) groups is 1. The third-order valence-corrected chi connectivity index (χ3v) is 3.46. The maximum absolute atomic E-state index is 12.3. The normalized spacial score (nSPS) is 26.9. The Morgan fingerprint density at radius 1 is 1.29 bits per heavy atom. The SMILES string of the molecule is CC(C)CC(C)N(C)C(=O)C1CNC(C)CN1. The minimum atomic E-state index is -0.0641. The summed E-state index contributed by atoms with van der Waals surface area (Å²) < 4.78 is 0. The number of rotatable bonds is 4. The topological polar surface area (TPSA) is 44.4 Å². The lowest BCUT2D eigenvalue weighted by atomic mass is 10.0. The molecule has 0 aliphatic carbocycles. The summed E-state index contributed by atoms with van der Waals surface area (Å²) in [5, 5.41) is 6.64. The maximum Gasteiger partial charge on any atom is 0.241 e. The Morgan fingerprint density at radius 2 is 1.94 bits per heavy atom. The first-order chi connectivity index (χ1) is 7.91. The molecule has 3 unspecified atom stereocenters. The monoisotopic (exact) mass is 241 g/mol. The van der Waals surface area contributed by atoms with E-state index in [0.29, 0.717) is 18.0 Å². The van der Waals surface area contributed by atoms with Gasteiger partial charge in [-0.05, 0) is 26.2 Å². The quantitative estimate of drug-likeness (QED) is 0.766. The molecule has 17 heavy (non-hydrogen) atoms. The second-order valence-corrected chi connectivity index (χ2v) is 5.70. The van der Waals surface area contributed by atoms with E-state index in [1.165, 1.54) is 0 Å². The van der Waals surface area contributed by atoms with Gasteiger partial charge in [0.25, 0.3) is 0 Å². The molecule has 1 amide bonds. The summed E-state index contributed by atoms with van der Waals surface area (Å²) >= 11 is 0. The number of piperazine rings is 1. The van der Waals surface area contributed by atoms with E-state index < -0.39 is 0 Å². The lowest BCUT2D eigenvalue weighted by molar-refractivity contribution is -0.134. The Balaban J connectivity index is 2.45. The van der Waals surface area contributed by atoms with Crippen LogP contribution in [0.5, 0.6) is 0 Å². The Labute approximate surface area is 105 Å². The summed E-state index contributed by atoms with van der Waals surface area (Å²) in [5.74, 6) is 0.829. The second-order valence-electron chi connectivity index (χ2n) is 5.70. The Morgan fingerprint density at radius 3 is 2.41 bits per heavy atom. The van der Waals surface area contributed by atoms with Crippen molar-refractivity contribution >= 4 is 5.91 Å². The van der Waals surface area contributed by atoms with E-state index in [-0.39, 0.29) is 11.9 Å². The highest BCUT2D eigenvalue weighted by atomic mass is 16.2. The molecule has 0 bridgehead atoms. The van der Waals surface area contributed by atoms with Crippen molar-refractivity contribution < 1.29 is 4.79 Å². The van der Waals surface area contributed by atoms with Gasteiger partial charge in [-0.25, -0.2) is 0 Å². The van der Waals surface area contributed by atoms with Crippen LogP contribution >= 0.6 is 0 Å². The van der Waals surface area contributed by atoms with Crippen LogP contribution in [0.4, 0.5) is 0 Å². The van der Waals surface area contributed by atoms with Crippen LogP contribution in [0.25, 0.3) is 0 Å². The van der Waals surface area contributed by atoms with Gasteiger partial charge in [-0.2, -0.15) is 0 Å². The van der Waals surface area contributed by atoms with Crippen LogP contribution in [0.1, 0.15) is 34.1 Å². The van der Waals surface area contributed by atoms with E-state index in [1.54, 1.807) is 0 Å². The Bertz CT molecular complexity index is 247. The van der Waals surface area contributed by atoms with Crippen LogP contribution in [0.3, 0.4) is 0 Å². The highest BCUT2D eigenvalue weighted by Crippen LogP contribution is 2.11. The molecule has 100 valence electrons. The molecule has 0 aromatic carbocycles. The summed E-state index contributed by atoms with van der Waals surface area (Å²) in [6.45, 7) is 10.2. The maximum atomic E-state index is 12.3. The molecular weight excluding hydrogens is 214 g/mol. The first kappa shape index (κ1) is 14.5. The highest BCUT2D eigenvalue weighted by molar-refractivity contribution is 5.82. The van der Waals surface area contributed by atoms with Crippen molar-refractivity contribution in [3.8, 4) is 0 Å². The predicted molar refractivity (Wildman–Crippen MR) is 70.9 cm³/mol. The zero-order valence-electron chi connectivity index (χ0n) is 11.8. The predicted octanol–water partition coefficient (Wildman–Crippen LogP) is 0.829. The van der Waals surface area contributed by atoms with Gasteiger partial charge in [0.1, 0.15) is 0 Å². The lowest BCUT2D eigenvalue weighted by Crippen LogP contribution is -2.59. The van der Waals surface area contributed by atoms with Crippen molar-refractivity contribution in [2.24, 2.45) is 5.92 Å². The van der Waals surface area contributed by atoms with E-state index in [2.05, 4.69) is 38.3 Å². The average molecular weight is 241 g/mol. The zero-order chi connectivity index (χ0) is 13.0. The van der Waals surface area contributed by atoms with E-state index in [0.717, 1.165) is 19.5 Å². The minimum absolute atomic E-state index is 0.0641.